The molecule has 15 heteroatoms. The van der Waals surface area contributed by atoms with Gasteiger partial charge >= 0.3 is 15.9 Å². The van der Waals surface area contributed by atoms with Gasteiger partial charge in [0.25, 0.3) is 0 Å². The highest BCUT2D eigenvalue weighted by Crippen LogP contribution is 2.50. The minimum absolute atomic E-state index is 0.0802. The Balaban J connectivity index is 2.19. The monoisotopic (exact) mass is 647 g/mol. The van der Waals surface area contributed by atoms with Gasteiger partial charge in [0.15, 0.2) is 22.7 Å². The lowest BCUT2D eigenvalue weighted by molar-refractivity contribution is -0.0247. The normalized spacial score (nSPS) is 34.2. The predicted molar refractivity (Wildman–Crippen MR) is 159 cm³/mol. The summed E-state index contributed by atoms with van der Waals surface area (Å²) in [7, 11) is -11.2. The molecule has 2 aliphatic rings. The first-order valence-corrected chi connectivity index (χ1v) is 22.9. The molecule has 0 saturated carbocycles. The molecule has 0 radical (unpaired) electrons. The summed E-state index contributed by atoms with van der Waals surface area (Å²) in [5.41, 5.74) is 0. The number of aliphatic hydroxyl groups is 1. The Morgan fingerprint density at radius 2 is 1.25 bits per heavy atom. The molecule has 0 aromatic carbocycles. The van der Waals surface area contributed by atoms with Crippen LogP contribution in [0.25, 0.3) is 0 Å². The van der Waals surface area contributed by atoms with Crippen molar-refractivity contribution in [3.8, 4) is 0 Å². The SMILES string of the molecule is C[C@@H]1O[C@H](COP(C)(=O)OC2[C@@H](CO)O[C@@H](C)[C@H]2O[Si](C)(C)C(C)(C)C)C(O[P+](=O)O)[C@@H]1O[Si](C)(C)C(C)(C)C. The zero-order valence-electron chi connectivity index (χ0n) is 26.5. The van der Waals surface area contributed by atoms with Crippen molar-refractivity contribution in [3.63, 3.8) is 0 Å². The Kier molecular flexibility index (Phi) is 12.1. The molecule has 0 aromatic heterocycles. The first-order chi connectivity index (χ1) is 17.9. The first-order valence-electron chi connectivity index (χ1n) is 13.9. The number of rotatable bonds is 12. The Labute approximate surface area is 243 Å². The van der Waals surface area contributed by atoms with Crippen molar-refractivity contribution in [3.05, 3.63) is 0 Å². The fourth-order valence-electron chi connectivity index (χ4n) is 4.28. The van der Waals surface area contributed by atoms with Crippen LogP contribution in [-0.4, -0.2) is 95.3 Å². The van der Waals surface area contributed by atoms with Gasteiger partial charge in [-0.2, -0.15) is 0 Å². The van der Waals surface area contributed by atoms with Crippen LogP contribution in [0.3, 0.4) is 0 Å². The smallest absolute Gasteiger partial charge is 0.409 e. The summed E-state index contributed by atoms with van der Waals surface area (Å²) in [6, 6.07) is 0. The topological polar surface area (TPSA) is 139 Å². The average Bonchev–Trinajstić information content (AvgIpc) is 3.20. The van der Waals surface area contributed by atoms with E-state index in [2.05, 4.69) is 67.7 Å². The summed E-state index contributed by atoms with van der Waals surface area (Å²) in [6.07, 6.45) is -5.28. The number of hydrogen-bond acceptors (Lipinski definition) is 10. The molecular formula is C25H53O11P2Si2+. The maximum Gasteiger partial charge on any atom is 0.695 e. The van der Waals surface area contributed by atoms with E-state index in [1.54, 1.807) is 0 Å². The molecule has 0 bridgehead atoms. The van der Waals surface area contributed by atoms with Gasteiger partial charge in [-0.05, 0) is 50.1 Å². The van der Waals surface area contributed by atoms with Crippen molar-refractivity contribution in [2.24, 2.45) is 0 Å². The van der Waals surface area contributed by atoms with Gasteiger partial charge in [-0.15, -0.1) is 9.42 Å². The first kappa shape index (κ1) is 36.6. The van der Waals surface area contributed by atoms with Crippen LogP contribution in [0.5, 0.6) is 0 Å². The zero-order chi connectivity index (χ0) is 31.1. The van der Waals surface area contributed by atoms with E-state index < -0.39 is 75.2 Å². The van der Waals surface area contributed by atoms with Gasteiger partial charge in [0.05, 0.1) is 25.4 Å². The van der Waals surface area contributed by atoms with Crippen LogP contribution in [-0.2, 0) is 41.0 Å². The minimum atomic E-state index is -3.74. The molecule has 0 spiro atoms. The molecule has 2 heterocycles. The van der Waals surface area contributed by atoms with Crippen molar-refractivity contribution in [2.45, 2.75) is 140 Å². The van der Waals surface area contributed by atoms with Gasteiger partial charge in [-0.1, -0.05) is 41.5 Å². The third-order valence-corrected chi connectivity index (χ3v) is 19.4. The van der Waals surface area contributed by atoms with Crippen molar-refractivity contribution in [1.82, 2.24) is 0 Å². The molecule has 0 aromatic rings. The molecule has 4 unspecified atom stereocenters. The molecule has 0 amide bonds. The van der Waals surface area contributed by atoms with Gasteiger partial charge in [-0.25, -0.2) is 0 Å². The summed E-state index contributed by atoms with van der Waals surface area (Å²) < 4.78 is 67.6. The lowest BCUT2D eigenvalue weighted by Crippen LogP contribution is -2.49. The van der Waals surface area contributed by atoms with Gasteiger partial charge < -0.3 is 28.0 Å². The summed E-state index contributed by atoms with van der Waals surface area (Å²) in [5, 5.41) is 9.79. The Bertz CT molecular complexity index is 921. The molecule has 2 aliphatic heterocycles. The van der Waals surface area contributed by atoms with E-state index in [0.717, 1.165) is 0 Å². The van der Waals surface area contributed by atoms with E-state index in [1.165, 1.54) is 6.66 Å². The lowest BCUT2D eigenvalue weighted by atomic mass is 10.1. The molecular weight excluding hydrogens is 594 g/mol. The van der Waals surface area contributed by atoms with Crippen LogP contribution < -0.4 is 0 Å². The van der Waals surface area contributed by atoms with Crippen LogP contribution >= 0.6 is 15.9 Å². The van der Waals surface area contributed by atoms with Crippen molar-refractivity contribution in [1.29, 1.82) is 0 Å². The average molecular weight is 648 g/mol. The fraction of sp³-hybridized carbons (Fsp3) is 1.00. The second-order valence-electron chi connectivity index (χ2n) is 14.1. The van der Waals surface area contributed by atoms with Gasteiger partial charge in [0.1, 0.15) is 30.5 Å². The Hall–Kier alpha value is 0.404. The Morgan fingerprint density at radius 1 is 0.825 bits per heavy atom. The lowest BCUT2D eigenvalue weighted by Gasteiger charge is -2.40. The zero-order valence-corrected chi connectivity index (χ0v) is 30.3. The second-order valence-corrected chi connectivity index (χ2v) is 26.3. The summed E-state index contributed by atoms with van der Waals surface area (Å²) in [4.78, 5) is 9.59. The molecule has 2 N–H and O–H groups in total. The summed E-state index contributed by atoms with van der Waals surface area (Å²) >= 11 is 0. The highest BCUT2D eigenvalue weighted by Gasteiger charge is 2.54. The van der Waals surface area contributed by atoms with E-state index in [1.807, 2.05) is 13.8 Å². The molecule has 2 rings (SSSR count). The second kappa shape index (κ2) is 13.2. The third-order valence-electron chi connectivity index (χ3n) is 8.74. The summed E-state index contributed by atoms with van der Waals surface area (Å²) in [6.45, 7) is 25.5. The minimum Gasteiger partial charge on any atom is -0.409 e. The summed E-state index contributed by atoms with van der Waals surface area (Å²) in [5.74, 6) is 0. The molecule has 11 nitrogen and oxygen atoms in total. The van der Waals surface area contributed by atoms with Crippen LogP contribution in [0.2, 0.25) is 36.3 Å². The van der Waals surface area contributed by atoms with E-state index in [9.17, 15) is 19.1 Å². The molecule has 10 atom stereocenters. The number of hydrogen-bond donors (Lipinski definition) is 2. The third kappa shape index (κ3) is 8.97. The standard InChI is InChI=1S/C25H52O11P2Si2/c1-16-20(35-39(10,11)24(3,4)5)22(33-37(27)28)19(32-16)15-30-38(9,29)34-23-18(14-26)31-17(2)21(23)36-40(12,13)25(6,7)8/h16-23,26H,14-15H2,1-13H3/p+1/t16-,17-,18+,19+,20+,21+,22?,23?,38?/m0/s1. The molecule has 2 fully saturated rings. The Morgan fingerprint density at radius 3 is 1.65 bits per heavy atom. The molecule has 2 saturated heterocycles. The maximum absolute atomic E-state index is 13.6. The largest absolute Gasteiger partial charge is 0.695 e. The van der Waals surface area contributed by atoms with Crippen molar-refractivity contribution < 1.29 is 51.0 Å². The van der Waals surface area contributed by atoms with Crippen LogP contribution in [0, 0.1) is 0 Å². The van der Waals surface area contributed by atoms with Crippen LogP contribution in [0.1, 0.15) is 55.4 Å². The van der Waals surface area contributed by atoms with Gasteiger partial charge in [-0.3, -0.25) is 9.09 Å². The van der Waals surface area contributed by atoms with E-state index >= 15 is 0 Å². The van der Waals surface area contributed by atoms with E-state index in [4.69, 9.17) is 31.9 Å². The highest BCUT2D eigenvalue weighted by atomic mass is 31.2. The molecule has 236 valence electrons. The highest BCUT2D eigenvalue weighted by molar-refractivity contribution is 7.53. The van der Waals surface area contributed by atoms with E-state index in [-0.39, 0.29) is 29.4 Å². The quantitative estimate of drug-likeness (QED) is 0.202. The van der Waals surface area contributed by atoms with Crippen LogP contribution in [0.4, 0.5) is 0 Å². The molecule has 0 aliphatic carbocycles. The maximum atomic E-state index is 13.6. The number of ether oxygens (including phenoxy) is 2. The molecule has 40 heavy (non-hydrogen) atoms. The predicted octanol–water partition coefficient (Wildman–Crippen LogP) is 5.59. The van der Waals surface area contributed by atoms with Gasteiger partial charge in [0.2, 0.25) is 0 Å². The van der Waals surface area contributed by atoms with Crippen molar-refractivity contribution >= 4 is 32.5 Å². The number of aliphatic hydroxyl groups excluding tert-OH is 1. The fourth-order valence-corrected chi connectivity index (χ4v) is 8.64. The van der Waals surface area contributed by atoms with E-state index in [0.29, 0.717) is 0 Å². The van der Waals surface area contributed by atoms with Crippen LogP contribution in [0.15, 0.2) is 0 Å². The van der Waals surface area contributed by atoms with Crippen molar-refractivity contribution in [2.75, 3.05) is 19.9 Å². The van der Waals surface area contributed by atoms with Gasteiger partial charge in [0, 0.05) is 11.2 Å².